The van der Waals surface area contributed by atoms with E-state index in [-0.39, 0.29) is 22.8 Å². The number of nitrogens with zero attached hydrogens (tertiary/aromatic N) is 1. The summed E-state index contributed by atoms with van der Waals surface area (Å²) in [4.78, 5) is 32.3. The van der Waals surface area contributed by atoms with Gasteiger partial charge < -0.3 is 19.9 Å². The second-order valence-electron chi connectivity index (χ2n) is 7.72. The minimum atomic E-state index is -1.25. The topological polar surface area (TPSA) is 128 Å². The van der Waals surface area contributed by atoms with Gasteiger partial charge in [0.1, 0.15) is 5.60 Å². The molecule has 0 aliphatic carbocycles. The van der Waals surface area contributed by atoms with E-state index in [1.807, 2.05) is 20.8 Å². The number of ether oxygens (including phenoxy) is 2. The summed E-state index contributed by atoms with van der Waals surface area (Å²) in [5, 5.41) is 25.0. The molecular weight excluding hydrogens is 380 g/mol. The fourth-order valence-corrected chi connectivity index (χ4v) is 3.16. The molecule has 9 nitrogen and oxygen atoms in total. The first-order valence-electron chi connectivity index (χ1n) is 9.43. The first kappa shape index (κ1) is 24.5. The standard InChI is InChI=1S/C15H20N2O5.C5H10O2/c1-22-15(19)13(10-6-8-16-9-7-10)14(18)11-4-2-3-5-12(11)17(20)21;1-5(2,3)7-4-6/h2-5,10,13-14,16,18H,6-9H2,1H3;4H,1-3H3. The third-order valence-electron chi connectivity index (χ3n) is 4.56. The summed E-state index contributed by atoms with van der Waals surface area (Å²) in [5.74, 6) is -1.39. The zero-order valence-electron chi connectivity index (χ0n) is 17.3. The van der Waals surface area contributed by atoms with Crippen LogP contribution in [0.2, 0.25) is 0 Å². The van der Waals surface area contributed by atoms with Gasteiger partial charge in [0.15, 0.2) is 0 Å². The largest absolute Gasteiger partial charge is 0.469 e. The highest BCUT2D eigenvalue weighted by Gasteiger charge is 2.39. The van der Waals surface area contributed by atoms with Crippen LogP contribution >= 0.6 is 0 Å². The number of piperidine rings is 1. The Labute approximate surface area is 170 Å². The number of hydrogen-bond donors (Lipinski definition) is 2. The van der Waals surface area contributed by atoms with Crippen molar-refractivity contribution in [1.82, 2.24) is 5.32 Å². The highest BCUT2D eigenvalue weighted by molar-refractivity contribution is 5.74. The van der Waals surface area contributed by atoms with Crippen LogP contribution in [-0.2, 0) is 19.1 Å². The van der Waals surface area contributed by atoms with Gasteiger partial charge in [-0.2, -0.15) is 0 Å². The average molecular weight is 410 g/mol. The maximum Gasteiger partial charge on any atom is 0.311 e. The molecule has 1 aromatic rings. The van der Waals surface area contributed by atoms with Crippen LogP contribution in [0.25, 0.3) is 0 Å². The summed E-state index contributed by atoms with van der Waals surface area (Å²) < 4.78 is 9.37. The van der Waals surface area contributed by atoms with E-state index in [0.717, 1.165) is 25.9 Å². The number of benzene rings is 1. The summed E-state index contributed by atoms with van der Waals surface area (Å²) >= 11 is 0. The van der Waals surface area contributed by atoms with Crippen LogP contribution in [0.3, 0.4) is 0 Å². The monoisotopic (exact) mass is 410 g/mol. The van der Waals surface area contributed by atoms with Gasteiger partial charge in [-0.15, -0.1) is 0 Å². The van der Waals surface area contributed by atoms with E-state index in [2.05, 4.69) is 10.1 Å². The quantitative estimate of drug-likeness (QED) is 0.317. The van der Waals surface area contributed by atoms with Crippen molar-refractivity contribution in [2.45, 2.75) is 45.3 Å². The number of nitro benzene ring substituents is 1. The number of methoxy groups -OCH3 is 1. The van der Waals surface area contributed by atoms with E-state index in [1.165, 1.54) is 25.3 Å². The third-order valence-corrected chi connectivity index (χ3v) is 4.56. The Kier molecular flexibility index (Phi) is 9.70. The van der Waals surface area contributed by atoms with Gasteiger partial charge in [0, 0.05) is 6.07 Å². The van der Waals surface area contributed by atoms with E-state index in [9.17, 15) is 24.8 Å². The number of carbonyl (C=O) groups is 2. The molecule has 2 N–H and O–H groups in total. The molecule has 0 saturated carbocycles. The van der Waals surface area contributed by atoms with Crippen LogP contribution in [0, 0.1) is 22.0 Å². The smallest absolute Gasteiger partial charge is 0.311 e. The van der Waals surface area contributed by atoms with Gasteiger partial charge in [0.05, 0.1) is 29.6 Å². The number of nitro groups is 1. The SMILES string of the molecule is CC(C)(C)OC=O.COC(=O)C(C1CCNCC1)C(O)c1ccccc1[N+](=O)[O-]. The maximum atomic E-state index is 12.1. The summed E-state index contributed by atoms with van der Waals surface area (Å²) in [6.45, 7) is 7.42. The number of aliphatic hydroxyl groups is 1. The van der Waals surface area contributed by atoms with E-state index < -0.39 is 22.9 Å². The van der Waals surface area contributed by atoms with E-state index >= 15 is 0 Å². The molecule has 29 heavy (non-hydrogen) atoms. The normalized spacial score (nSPS) is 16.6. The zero-order valence-corrected chi connectivity index (χ0v) is 17.3. The van der Waals surface area contributed by atoms with Crippen molar-refractivity contribution >= 4 is 18.1 Å². The van der Waals surface area contributed by atoms with Gasteiger partial charge in [0.25, 0.3) is 12.2 Å². The van der Waals surface area contributed by atoms with Gasteiger partial charge in [-0.05, 0) is 58.7 Å². The molecule has 0 amide bonds. The number of para-hydroxylation sites is 1. The highest BCUT2D eigenvalue weighted by atomic mass is 16.6. The molecular formula is C20H30N2O7. The molecule has 1 heterocycles. The van der Waals surface area contributed by atoms with Crippen molar-refractivity contribution in [2.75, 3.05) is 20.2 Å². The van der Waals surface area contributed by atoms with Crippen LogP contribution < -0.4 is 5.32 Å². The predicted octanol–water partition coefficient (Wildman–Crippen LogP) is 2.37. The molecule has 1 fully saturated rings. The van der Waals surface area contributed by atoms with Crippen molar-refractivity contribution in [3.05, 3.63) is 39.9 Å². The Morgan fingerprint density at radius 2 is 1.90 bits per heavy atom. The van der Waals surface area contributed by atoms with Crippen LogP contribution in [0.1, 0.15) is 45.3 Å². The fourth-order valence-electron chi connectivity index (χ4n) is 3.16. The van der Waals surface area contributed by atoms with Crippen LogP contribution in [0.15, 0.2) is 24.3 Å². The Morgan fingerprint density at radius 3 is 2.34 bits per heavy atom. The van der Waals surface area contributed by atoms with E-state index in [0.29, 0.717) is 6.47 Å². The Hall–Kier alpha value is -2.52. The van der Waals surface area contributed by atoms with Gasteiger partial charge in [0.2, 0.25) is 0 Å². The van der Waals surface area contributed by atoms with E-state index in [4.69, 9.17) is 4.74 Å². The summed E-state index contributed by atoms with van der Waals surface area (Å²) in [7, 11) is 1.27. The lowest BCUT2D eigenvalue weighted by Gasteiger charge is -2.31. The van der Waals surface area contributed by atoms with Crippen molar-refractivity contribution < 1.29 is 29.1 Å². The molecule has 1 aliphatic heterocycles. The average Bonchev–Trinajstić information content (AvgIpc) is 2.68. The molecule has 1 aromatic carbocycles. The maximum absolute atomic E-state index is 12.1. The van der Waals surface area contributed by atoms with Gasteiger partial charge >= 0.3 is 5.97 Å². The van der Waals surface area contributed by atoms with Gasteiger partial charge in [-0.25, -0.2) is 0 Å². The third kappa shape index (κ3) is 7.78. The molecule has 2 atom stereocenters. The summed E-state index contributed by atoms with van der Waals surface area (Å²) in [6.07, 6.45) is 0.187. The minimum Gasteiger partial charge on any atom is -0.469 e. The predicted molar refractivity (Wildman–Crippen MR) is 106 cm³/mol. The molecule has 0 aromatic heterocycles. The van der Waals surface area contributed by atoms with E-state index in [1.54, 1.807) is 6.07 Å². The number of hydrogen-bond acceptors (Lipinski definition) is 8. The number of nitrogens with one attached hydrogen (secondary N) is 1. The molecule has 0 bridgehead atoms. The van der Waals surface area contributed by atoms with Crippen LogP contribution in [0.4, 0.5) is 5.69 Å². The second-order valence-corrected chi connectivity index (χ2v) is 7.72. The first-order valence-corrected chi connectivity index (χ1v) is 9.43. The number of aliphatic hydroxyl groups excluding tert-OH is 1. The molecule has 9 heteroatoms. The van der Waals surface area contributed by atoms with Crippen molar-refractivity contribution in [3.63, 3.8) is 0 Å². The molecule has 1 saturated heterocycles. The fraction of sp³-hybridized carbons (Fsp3) is 0.600. The molecule has 0 spiro atoms. The Balaban J connectivity index is 0.000000516. The van der Waals surface area contributed by atoms with Crippen molar-refractivity contribution in [2.24, 2.45) is 11.8 Å². The summed E-state index contributed by atoms with van der Waals surface area (Å²) in [6, 6.07) is 5.96. The molecule has 2 unspecified atom stereocenters. The highest BCUT2D eigenvalue weighted by Crippen LogP contribution is 2.37. The van der Waals surface area contributed by atoms with Crippen LogP contribution in [-0.4, -0.2) is 48.3 Å². The van der Waals surface area contributed by atoms with Gasteiger partial charge in [-0.3, -0.25) is 19.7 Å². The second kappa shape index (κ2) is 11.5. The van der Waals surface area contributed by atoms with Crippen molar-refractivity contribution in [3.8, 4) is 0 Å². The molecule has 1 aliphatic rings. The summed E-state index contributed by atoms with van der Waals surface area (Å²) in [5.41, 5.74) is -0.346. The lowest BCUT2D eigenvalue weighted by molar-refractivity contribution is -0.386. The Morgan fingerprint density at radius 1 is 1.31 bits per heavy atom. The molecule has 2 rings (SSSR count). The molecule has 162 valence electrons. The molecule has 0 radical (unpaired) electrons. The lowest BCUT2D eigenvalue weighted by Crippen LogP contribution is -2.38. The number of esters is 1. The first-order chi connectivity index (χ1) is 13.6. The number of rotatable bonds is 6. The minimum absolute atomic E-state index is 0.0662. The van der Waals surface area contributed by atoms with Crippen LogP contribution in [0.5, 0.6) is 0 Å². The number of carbonyl (C=O) groups excluding carboxylic acids is 2. The van der Waals surface area contributed by atoms with Gasteiger partial charge in [-0.1, -0.05) is 12.1 Å². The Bertz CT molecular complexity index is 682. The zero-order chi connectivity index (χ0) is 22.0. The van der Waals surface area contributed by atoms with Crippen molar-refractivity contribution in [1.29, 1.82) is 0 Å². The lowest BCUT2D eigenvalue weighted by atomic mass is 9.79.